The van der Waals surface area contributed by atoms with Crippen molar-refractivity contribution in [3.8, 4) is 5.69 Å². The zero-order chi connectivity index (χ0) is 20.9. The summed E-state index contributed by atoms with van der Waals surface area (Å²) in [6, 6.07) is 12.5. The minimum atomic E-state index is -0.637. The van der Waals surface area contributed by atoms with E-state index in [4.69, 9.17) is 9.73 Å². The summed E-state index contributed by atoms with van der Waals surface area (Å²) in [6.07, 6.45) is 4.15. The molecule has 1 saturated carbocycles. The van der Waals surface area contributed by atoms with Crippen LogP contribution in [0.15, 0.2) is 58.3 Å². The summed E-state index contributed by atoms with van der Waals surface area (Å²) < 4.78 is 22.9. The molecule has 0 atom stereocenters. The molecule has 2 heterocycles. The highest BCUT2D eigenvalue weighted by molar-refractivity contribution is 9.10. The van der Waals surface area contributed by atoms with Gasteiger partial charge in [0.1, 0.15) is 17.7 Å². The monoisotopic (exact) mass is 467 g/mol. The molecular weight excluding hydrogens is 449 g/mol. The highest BCUT2D eigenvalue weighted by Gasteiger charge is 2.47. The van der Waals surface area contributed by atoms with Gasteiger partial charge in [0, 0.05) is 15.6 Å². The summed E-state index contributed by atoms with van der Waals surface area (Å²) in [5.74, 6) is -0.785. The third kappa shape index (κ3) is 2.83. The van der Waals surface area contributed by atoms with Gasteiger partial charge < -0.3 is 4.74 Å². The van der Waals surface area contributed by atoms with Gasteiger partial charge in [-0.15, -0.1) is 0 Å². The number of aromatic nitrogens is 2. The van der Waals surface area contributed by atoms with Gasteiger partial charge in [0.2, 0.25) is 0 Å². The van der Waals surface area contributed by atoms with Crippen LogP contribution in [0.5, 0.6) is 0 Å². The Morgan fingerprint density at radius 2 is 2.03 bits per heavy atom. The molecule has 1 aliphatic heterocycles. The zero-order valence-corrected chi connectivity index (χ0v) is 17.9. The predicted molar refractivity (Wildman–Crippen MR) is 115 cm³/mol. The Bertz CT molecular complexity index is 1200. The summed E-state index contributed by atoms with van der Waals surface area (Å²) in [7, 11) is 0. The van der Waals surface area contributed by atoms with Crippen LogP contribution in [-0.4, -0.2) is 27.8 Å². The van der Waals surface area contributed by atoms with Crippen LogP contribution in [0.4, 0.5) is 4.39 Å². The van der Waals surface area contributed by atoms with Gasteiger partial charge in [-0.2, -0.15) is 0 Å². The molecule has 152 valence electrons. The number of imidazole rings is 1. The van der Waals surface area contributed by atoms with E-state index < -0.39 is 11.5 Å². The second-order valence-corrected chi connectivity index (χ2v) is 8.43. The van der Waals surface area contributed by atoms with Gasteiger partial charge in [0.25, 0.3) is 0 Å². The first-order valence-electron chi connectivity index (χ1n) is 9.94. The van der Waals surface area contributed by atoms with Crippen molar-refractivity contribution in [1.29, 1.82) is 0 Å². The first kappa shape index (κ1) is 19.2. The molecule has 2 aromatic carbocycles. The van der Waals surface area contributed by atoms with Crippen molar-refractivity contribution in [2.75, 3.05) is 6.61 Å². The Labute approximate surface area is 181 Å². The molecule has 1 spiro atoms. The summed E-state index contributed by atoms with van der Waals surface area (Å²) >= 11 is 3.54. The van der Waals surface area contributed by atoms with Gasteiger partial charge in [-0.3, -0.25) is 9.56 Å². The SMILES string of the molecule is CCOC(=O)c1ncn2c1C1(CCC1)N=C(c1ccccc1F)c1cc(Br)ccc1-2. The molecule has 1 fully saturated rings. The maximum Gasteiger partial charge on any atom is 0.358 e. The summed E-state index contributed by atoms with van der Waals surface area (Å²) in [5.41, 5.74) is 2.99. The van der Waals surface area contributed by atoms with Crippen molar-refractivity contribution in [2.45, 2.75) is 31.7 Å². The average molecular weight is 468 g/mol. The van der Waals surface area contributed by atoms with E-state index in [0.717, 1.165) is 40.7 Å². The number of carbonyl (C=O) groups excluding carboxylic acids is 1. The van der Waals surface area contributed by atoms with E-state index in [0.29, 0.717) is 11.3 Å². The van der Waals surface area contributed by atoms with Crippen LogP contribution >= 0.6 is 15.9 Å². The number of fused-ring (bicyclic) bond motifs is 4. The molecule has 1 aliphatic carbocycles. The van der Waals surface area contributed by atoms with Crippen LogP contribution in [0.1, 0.15) is 53.5 Å². The van der Waals surface area contributed by atoms with Crippen LogP contribution in [0.3, 0.4) is 0 Å². The van der Waals surface area contributed by atoms with Gasteiger partial charge in [0.15, 0.2) is 5.69 Å². The molecule has 0 bridgehead atoms. The molecule has 3 aromatic rings. The van der Waals surface area contributed by atoms with Crippen LogP contribution in [0, 0.1) is 5.82 Å². The fraction of sp³-hybridized carbons (Fsp3) is 0.261. The maximum atomic E-state index is 14.9. The van der Waals surface area contributed by atoms with E-state index in [-0.39, 0.29) is 18.1 Å². The Kier molecular flexibility index (Phi) is 4.58. The Morgan fingerprint density at radius 3 is 2.73 bits per heavy atom. The topological polar surface area (TPSA) is 56.5 Å². The number of halogens is 2. The molecule has 0 N–H and O–H groups in total. The number of carbonyl (C=O) groups is 1. The van der Waals surface area contributed by atoms with Crippen molar-refractivity contribution in [2.24, 2.45) is 4.99 Å². The fourth-order valence-corrected chi connectivity index (χ4v) is 4.64. The van der Waals surface area contributed by atoms with Gasteiger partial charge in [0.05, 0.1) is 23.7 Å². The third-order valence-electron chi connectivity index (χ3n) is 5.79. The fourth-order valence-electron chi connectivity index (χ4n) is 4.28. The number of nitrogens with zero attached hydrogens (tertiary/aromatic N) is 3. The highest BCUT2D eigenvalue weighted by Crippen LogP contribution is 2.49. The zero-order valence-electron chi connectivity index (χ0n) is 16.4. The van der Waals surface area contributed by atoms with Crippen molar-refractivity contribution >= 4 is 27.6 Å². The standard InChI is InChI=1S/C23H19BrFN3O2/c1-2-30-22(29)20-21-23(10-5-11-23)27-19(15-6-3-4-7-17(15)25)16-12-14(24)8-9-18(16)28(21)13-26-20/h3-4,6-9,12-13H,2,5,10-11H2,1H3. The lowest BCUT2D eigenvalue weighted by molar-refractivity contribution is 0.0513. The first-order valence-corrected chi connectivity index (χ1v) is 10.7. The van der Waals surface area contributed by atoms with Crippen molar-refractivity contribution in [3.63, 3.8) is 0 Å². The summed E-state index contributed by atoms with van der Waals surface area (Å²) in [6.45, 7) is 2.04. The Hall–Kier alpha value is -2.80. The van der Waals surface area contributed by atoms with Crippen molar-refractivity contribution in [1.82, 2.24) is 9.55 Å². The Balaban J connectivity index is 1.84. The molecular formula is C23H19BrFN3O2. The van der Waals surface area contributed by atoms with E-state index in [1.165, 1.54) is 6.07 Å². The van der Waals surface area contributed by atoms with Gasteiger partial charge in [-0.25, -0.2) is 14.2 Å². The number of esters is 1. The molecule has 5 rings (SSSR count). The molecule has 1 aromatic heterocycles. The molecule has 0 unspecified atom stereocenters. The molecule has 30 heavy (non-hydrogen) atoms. The van der Waals surface area contributed by atoms with E-state index >= 15 is 0 Å². The smallest absolute Gasteiger partial charge is 0.358 e. The van der Waals surface area contributed by atoms with Crippen molar-refractivity contribution in [3.05, 3.63) is 81.6 Å². The van der Waals surface area contributed by atoms with Crippen LogP contribution in [0.25, 0.3) is 5.69 Å². The lowest BCUT2D eigenvalue weighted by Crippen LogP contribution is -2.36. The Morgan fingerprint density at radius 1 is 1.23 bits per heavy atom. The van der Waals surface area contributed by atoms with E-state index in [9.17, 15) is 9.18 Å². The number of benzene rings is 2. The molecule has 5 nitrogen and oxygen atoms in total. The lowest BCUT2D eigenvalue weighted by atomic mass is 9.73. The summed E-state index contributed by atoms with van der Waals surface area (Å²) in [4.78, 5) is 22.2. The quantitative estimate of drug-likeness (QED) is 0.498. The number of hydrogen-bond donors (Lipinski definition) is 0. The minimum absolute atomic E-state index is 0.269. The van der Waals surface area contributed by atoms with Crippen LogP contribution < -0.4 is 0 Å². The molecule has 0 amide bonds. The second-order valence-electron chi connectivity index (χ2n) is 7.52. The molecule has 7 heteroatoms. The van der Waals surface area contributed by atoms with E-state index in [2.05, 4.69) is 20.9 Å². The number of rotatable bonds is 3. The number of hydrogen-bond acceptors (Lipinski definition) is 4. The lowest BCUT2D eigenvalue weighted by Gasteiger charge is -2.38. The first-order chi connectivity index (χ1) is 14.5. The van der Waals surface area contributed by atoms with Gasteiger partial charge in [-0.05, 0) is 56.5 Å². The molecule has 0 radical (unpaired) electrons. The number of ether oxygens (including phenoxy) is 1. The van der Waals surface area contributed by atoms with Crippen LogP contribution in [-0.2, 0) is 10.3 Å². The van der Waals surface area contributed by atoms with E-state index in [1.54, 1.807) is 25.4 Å². The maximum absolute atomic E-state index is 14.9. The summed E-state index contributed by atoms with van der Waals surface area (Å²) in [5, 5.41) is 0. The average Bonchev–Trinajstić information content (AvgIpc) is 3.09. The van der Waals surface area contributed by atoms with Gasteiger partial charge in [-0.1, -0.05) is 28.1 Å². The van der Waals surface area contributed by atoms with Crippen LogP contribution in [0.2, 0.25) is 0 Å². The third-order valence-corrected chi connectivity index (χ3v) is 6.28. The predicted octanol–water partition coefficient (Wildman–Crippen LogP) is 5.18. The number of aliphatic imine (C=N–C) groups is 1. The molecule has 2 aliphatic rings. The van der Waals surface area contributed by atoms with E-state index in [1.807, 2.05) is 28.8 Å². The molecule has 0 saturated heterocycles. The van der Waals surface area contributed by atoms with Gasteiger partial charge >= 0.3 is 5.97 Å². The normalized spacial score (nSPS) is 16.2. The minimum Gasteiger partial charge on any atom is -0.461 e. The highest BCUT2D eigenvalue weighted by atomic mass is 79.9. The largest absolute Gasteiger partial charge is 0.461 e. The van der Waals surface area contributed by atoms with Crippen molar-refractivity contribution < 1.29 is 13.9 Å². The second kappa shape index (κ2) is 7.16.